The van der Waals surface area contributed by atoms with Crippen molar-refractivity contribution in [2.24, 2.45) is 5.92 Å². The highest BCUT2D eigenvalue weighted by Gasteiger charge is 2.42. The molecule has 0 aromatic heterocycles. The van der Waals surface area contributed by atoms with Gasteiger partial charge in [0.05, 0.1) is 10.9 Å². The minimum absolute atomic E-state index is 0.0694. The van der Waals surface area contributed by atoms with Crippen molar-refractivity contribution in [3.63, 3.8) is 0 Å². The van der Waals surface area contributed by atoms with Crippen LogP contribution in [0.15, 0.2) is 24.3 Å². The first kappa shape index (κ1) is 15.8. The number of carboxylic acids is 1. The molecule has 0 bridgehead atoms. The monoisotopic (exact) mass is 311 g/mol. The first-order chi connectivity index (χ1) is 9.91. The van der Waals surface area contributed by atoms with Crippen LogP contribution < -0.4 is 0 Å². The van der Waals surface area contributed by atoms with Crippen LogP contribution in [-0.4, -0.2) is 39.1 Å². The first-order valence-electron chi connectivity index (χ1n) is 6.83. The number of aliphatic carboxylic acids is 1. The molecule has 2 unspecified atom stereocenters. The van der Waals surface area contributed by atoms with E-state index in [4.69, 9.17) is 0 Å². The lowest BCUT2D eigenvalue weighted by molar-refractivity contribution is -0.141. The van der Waals surface area contributed by atoms with Gasteiger partial charge < -0.3 is 10.0 Å². The molecule has 0 aliphatic carbocycles. The third-order valence-corrected chi connectivity index (χ3v) is 4.70. The standard InChI is InChI=1S/C15H18FNO3S/c1-9(2)7-13-17(12(8-21-13)15(19)20)14(18)10-5-3-4-6-11(10)16/h3-6,9,12-13H,7-8H2,1-2H3,(H,19,20). The van der Waals surface area contributed by atoms with E-state index in [1.165, 1.54) is 34.9 Å². The summed E-state index contributed by atoms with van der Waals surface area (Å²) in [6, 6.07) is 4.79. The van der Waals surface area contributed by atoms with Crippen LogP contribution in [-0.2, 0) is 4.79 Å². The molecule has 1 aliphatic heterocycles. The van der Waals surface area contributed by atoms with Gasteiger partial charge in [-0.2, -0.15) is 0 Å². The van der Waals surface area contributed by atoms with Crippen molar-refractivity contribution in [2.45, 2.75) is 31.7 Å². The van der Waals surface area contributed by atoms with E-state index >= 15 is 0 Å². The Balaban J connectivity index is 2.32. The van der Waals surface area contributed by atoms with Gasteiger partial charge in [-0.1, -0.05) is 26.0 Å². The van der Waals surface area contributed by atoms with Crippen LogP contribution in [0.25, 0.3) is 0 Å². The maximum absolute atomic E-state index is 13.8. The smallest absolute Gasteiger partial charge is 0.327 e. The lowest BCUT2D eigenvalue weighted by atomic mass is 10.1. The fourth-order valence-electron chi connectivity index (χ4n) is 2.38. The Morgan fingerprint density at radius 2 is 2.10 bits per heavy atom. The van der Waals surface area contributed by atoms with Crippen LogP contribution in [0.4, 0.5) is 4.39 Å². The fraction of sp³-hybridized carbons (Fsp3) is 0.467. The van der Waals surface area contributed by atoms with Crippen molar-refractivity contribution in [3.8, 4) is 0 Å². The van der Waals surface area contributed by atoms with E-state index in [-0.39, 0.29) is 10.9 Å². The van der Waals surface area contributed by atoms with Crippen LogP contribution in [0.1, 0.15) is 30.6 Å². The third-order valence-electron chi connectivity index (χ3n) is 3.39. The fourth-order valence-corrected chi connectivity index (χ4v) is 4.02. The second kappa shape index (κ2) is 6.47. The lowest BCUT2D eigenvalue weighted by Crippen LogP contribution is -2.46. The van der Waals surface area contributed by atoms with Gasteiger partial charge in [-0.05, 0) is 24.5 Å². The van der Waals surface area contributed by atoms with Gasteiger partial charge in [-0.3, -0.25) is 4.79 Å². The topological polar surface area (TPSA) is 57.6 Å². The number of rotatable bonds is 4. The minimum Gasteiger partial charge on any atom is -0.480 e. The van der Waals surface area contributed by atoms with Crippen molar-refractivity contribution >= 4 is 23.6 Å². The number of carbonyl (C=O) groups is 2. The molecule has 1 aromatic carbocycles. The molecule has 1 fully saturated rings. The summed E-state index contributed by atoms with van der Waals surface area (Å²) in [6.07, 6.45) is 0.689. The van der Waals surface area contributed by atoms with Gasteiger partial charge in [0, 0.05) is 5.75 Å². The number of hydrogen-bond acceptors (Lipinski definition) is 3. The van der Waals surface area contributed by atoms with Gasteiger partial charge in [0.25, 0.3) is 5.91 Å². The Bertz CT molecular complexity index is 549. The third kappa shape index (κ3) is 3.37. The van der Waals surface area contributed by atoms with Crippen molar-refractivity contribution in [1.29, 1.82) is 0 Å². The van der Waals surface area contributed by atoms with Gasteiger partial charge >= 0.3 is 5.97 Å². The van der Waals surface area contributed by atoms with Crippen LogP contribution in [0.2, 0.25) is 0 Å². The number of carboxylic acid groups (broad SMARTS) is 1. The van der Waals surface area contributed by atoms with Crippen LogP contribution >= 0.6 is 11.8 Å². The second-order valence-electron chi connectivity index (χ2n) is 5.46. The van der Waals surface area contributed by atoms with E-state index < -0.39 is 23.7 Å². The number of amides is 1. The molecule has 2 rings (SSSR count). The summed E-state index contributed by atoms with van der Waals surface area (Å²) in [6.45, 7) is 4.03. The van der Waals surface area contributed by atoms with Crippen molar-refractivity contribution in [3.05, 3.63) is 35.6 Å². The maximum Gasteiger partial charge on any atom is 0.327 e. The van der Waals surface area contributed by atoms with E-state index in [1.54, 1.807) is 6.07 Å². The quantitative estimate of drug-likeness (QED) is 0.929. The molecule has 1 N–H and O–H groups in total. The van der Waals surface area contributed by atoms with Gasteiger partial charge in [0.1, 0.15) is 11.9 Å². The van der Waals surface area contributed by atoms with E-state index in [1.807, 2.05) is 13.8 Å². The molecule has 21 heavy (non-hydrogen) atoms. The highest BCUT2D eigenvalue weighted by Crippen LogP contribution is 2.34. The predicted octanol–water partition coefficient (Wildman–Crippen LogP) is 2.84. The molecule has 4 nitrogen and oxygen atoms in total. The zero-order valence-electron chi connectivity index (χ0n) is 12.0. The summed E-state index contributed by atoms with van der Waals surface area (Å²) in [7, 11) is 0. The maximum atomic E-state index is 13.8. The molecule has 1 amide bonds. The lowest BCUT2D eigenvalue weighted by Gasteiger charge is -2.28. The molecular weight excluding hydrogens is 293 g/mol. The largest absolute Gasteiger partial charge is 0.480 e. The zero-order chi connectivity index (χ0) is 15.6. The Labute approximate surface area is 127 Å². The van der Waals surface area contributed by atoms with Gasteiger partial charge in [-0.15, -0.1) is 11.8 Å². The molecule has 6 heteroatoms. The molecule has 0 spiro atoms. The normalized spacial score (nSPS) is 21.8. The Hall–Kier alpha value is -1.56. The molecular formula is C15H18FNO3S. The number of halogens is 1. The summed E-state index contributed by atoms with van der Waals surface area (Å²) in [5.74, 6) is -1.54. The molecule has 1 heterocycles. The van der Waals surface area contributed by atoms with Gasteiger partial charge in [-0.25, -0.2) is 9.18 Å². The SMILES string of the molecule is CC(C)CC1SCC(C(=O)O)N1C(=O)c1ccccc1F. The number of carbonyl (C=O) groups excluding carboxylic acids is 1. The summed E-state index contributed by atoms with van der Waals surface area (Å²) >= 11 is 1.45. The molecule has 1 aromatic rings. The average molecular weight is 311 g/mol. The Kier molecular flexibility index (Phi) is 4.88. The van der Waals surface area contributed by atoms with E-state index in [9.17, 15) is 19.1 Å². The minimum atomic E-state index is -1.04. The van der Waals surface area contributed by atoms with Gasteiger partial charge in [0.15, 0.2) is 0 Å². The van der Waals surface area contributed by atoms with Crippen molar-refractivity contribution in [2.75, 3.05) is 5.75 Å². The molecule has 2 atom stereocenters. The number of thioether (sulfide) groups is 1. The number of nitrogens with zero attached hydrogens (tertiary/aromatic N) is 1. The summed E-state index contributed by atoms with van der Waals surface area (Å²) in [5, 5.41) is 9.08. The first-order valence-corrected chi connectivity index (χ1v) is 7.88. The zero-order valence-corrected chi connectivity index (χ0v) is 12.8. The summed E-state index contributed by atoms with van der Waals surface area (Å²) in [5.41, 5.74) is -0.0694. The highest BCUT2D eigenvalue weighted by molar-refractivity contribution is 8.00. The average Bonchev–Trinajstić information content (AvgIpc) is 2.81. The molecule has 0 radical (unpaired) electrons. The van der Waals surface area contributed by atoms with Crippen molar-refractivity contribution < 1.29 is 19.1 Å². The van der Waals surface area contributed by atoms with Crippen LogP contribution in [0.3, 0.4) is 0 Å². The predicted molar refractivity (Wildman–Crippen MR) is 79.7 cm³/mol. The Morgan fingerprint density at radius 3 is 2.67 bits per heavy atom. The highest BCUT2D eigenvalue weighted by atomic mass is 32.2. The van der Waals surface area contributed by atoms with E-state index in [0.717, 1.165) is 0 Å². The van der Waals surface area contributed by atoms with Crippen LogP contribution in [0.5, 0.6) is 0 Å². The molecule has 1 aliphatic rings. The second-order valence-corrected chi connectivity index (χ2v) is 6.67. The number of benzene rings is 1. The van der Waals surface area contributed by atoms with E-state index in [0.29, 0.717) is 18.1 Å². The van der Waals surface area contributed by atoms with Crippen molar-refractivity contribution in [1.82, 2.24) is 4.90 Å². The Morgan fingerprint density at radius 1 is 1.43 bits per heavy atom. The van der Waals surface area contributed by atoms with Gasteiger partial charge in [0.2, 0.25) is 0 Å². The molecule has 1 saturated heterocycles. The van der Waals surface area contributed by atoms with Crippen LogP contribution in [0, 0.1) is 11.7 Å². The number of hydrogen-bond donors (Lipinski definition) is 1. The summed E-state index contributed by atoms with van der Waals surface area (Å²) < 4.78 is 13.8. The summed E-state index contributed by atoms with van der Waals surface area (Å²) in [4.78, 5) is 25.3. The molecule has 0 saturated carbocycles. The van der Waals surface area contributed by atoms with E-state index in [2.05, 4.69) is 0 Å². The molecule has 114 valence electrons.